The molecule has 0 spiro atoms. The Balaban J connectivity index is 0.00000144. The quantitative estimate of drug-likeness (QED) is 0.540. The van der Waals surface area contributed by atoms with E-state index >= 15 is 0 Å². The number of hydrogen-bond donors (Lipinski definition) is 0. The average Bonchev–Trinajstić information content (AvgIpc) is 2.05. The molecular weight excluding hydrogens is 223 g/mol. The van der Waals surface area contributed by atoms with Gasteiger partial charge in [-0.05, 0) is 12.1 Å². The summed E-state index contributed by atoms with van der Waals surface area (Å²) in [5.41, 5.74) is 0.0988. The second-order valence-electron chi connectivity index (χ2n) is 1.84. The zero-order valence-corrected chi connectivity index (χ0v) is 7.21. The fraction of sp³-hybridized carbons (Fsp3) is 0. The Morgan fingerprint density at radius 3 is 2.46 bits per heavy atom. The largest absolute Gasteiger partial charge is 0.334 e. The molecule has 0 aliphatic carbocycles. The topological polar surface area (TPSA) is 82.3 Å². The minimum absolute atomic E-state index is 0. The van der Waals surface area contributed by atoms with E-state index < -0.39 is 11.1 Å². The monoisotopic (exact) mass is 227 g/mol. The minimum atomic E-state index is -1.15. The van der Waals surface area contributed by atoms with E-state index in [9.17, 15) is 14.9 Å². The molecular formula is C6H4CoN2O4. The summed E-state index contributed by atoms with van der Waals surface area (Å²) < 4.78 is 0. The normalized spacial score (nSPS) is 8.31. The number of rotatable bonds is 2. The first-order valence-corrected chi connectivity index (χ1v) is 2.97. The fourth-order valence-electron chi connectivity index (χ4n) is 0.608. The molecule has 1 rings (SSSR count). The van der Waals surface area contributed by atoms with Crippen LogP contribution in [0.2, 0.25) is 0 Å². The zero-order valence-electron chi connectivity index (χ0n) is 6.17. The zero-order chi connectivity index (χ0) is 8.97. The molecule has 0 N–H and O–H groups in total. The molecule has 0 unspecified atom stereocenters. The maximum atomic E-state index is 10.8. The molecule has 0 bridgehead atoms. The van der Waals surface area contributed by atoms with Crippen molar-refractivity contribution in [3.63, 3.8) is 0 Å². The van der Waals surface area contributed by atoms with Crippen LogP contribution in [0.4, 0.5) is 0 Å². The van der Waals surface area contributed by atoms with E-state index in [-0.39, 0.29) is 22.3 Å². The van der Waals surface area contributed by atoms with Crippen LogP contribution in [0.15, 0.2) is 24.5 Å². The number of aromatic nitrogens is 1. The van der Waals surface area contributed by atoms with Crippen LogP contribution in [0.1, 0.15) is 10.4 Å². The van der Waals surface area contributed by atoms with Crippen LogP contribution in [0.25, 0.3) is 0 Å². The van der Waals surface area contributed by atoms with Crippen molar-refractivity contribution in [2.45, 2.75) is 0 Å². The Kier molecular flexibility index (Phi) is 4.63. The van der Waals surface area contributed by atoms with Crippen molar-refractivity contribution in [2.24, 2.45) is 0 Å². The third-order valence-corrected chi connectivity index (χ3v) is 1.07. The van der Waals surface area contributed by atoms with E-state index in [1.54, 1.807) is 0 Å². The Morgan fingerprint density at radius 1 is 1.46 bits per heavy atom. The number of pyridine rings is 1. The molecule has 0 aliphatic heterocycles. The first-order valence-electron chi connectivity index (χ1n) is 2.97. The minimum Gasteiger partial charge on any atom is -0.265 e. The molecule has 0 aromatic carbocycles. The first kappa shape index (κ1) is 11.5. The van der Waals surface area contributed by atoms with Crippen molar-refractivity contribution in [3.05, 3.63) is 40.2 Å². The Hall–Kier alpha value is -1.47. The van der Waals surface area contributed by atoms with Crippen LogP contribution in [0.3, 0.4) is 0 Å². The summed E-state index contributed by atoms with van der Waals surface area (Å²) >= 11 is 0. The summed E-state index contributed by atoms with van der Waals surface area (Å²) in [7, 11) is 0. The van der Waals surface area contributed by atoms with Crippen LogP contribution >= 0.6 is 0 Å². The van der Waals surface area contributed by atoms with Crippen molar-refractivity contribution < 1.29 is 31.5 Å². The van der Waals surface area contributed by atoms with Gasteiger partial charge in [-0.2, -0.15) is 0 Å². The third-order valence-electron chi connectivity index (χ3n) is 1.07. The van der Waals surface area contributed by atoms with Crippen molar-refractivity contribution >= 4 is 5.97 Å². The van der Waals surface area contributed by atoms with Gasteiger partial charge >= 0.3 is 11.1 Å². The Morgan fingerprint density at radius 2 is 2.00 bits per heavy atom. The van der Waals surface area contributed by atoms with Gasteiger partial charge in [0.25, 0.3) is 0 Å². The Bertz CT molecular complexity index is 303. The van der Waals surface area contributed by atoms with E-state index in [0.29, 0.717) is 0 Å². The van der Waals surface area contributed by atoms with E-state index in [1.807, 2.05) is 0 Å². The van der Waals surface area contributed by atoms with E-state index in [1.165, 1.54) is 24.5 Å². The average molecular weight is 227 g/mol. The molecule has 1 heterocycles. The van der Waals surface area contributed by atoms with Gasteiger partial charge in [-0.25, -0.2) is 4.84 Å². The van der Waals surface area contributed by atoms with Crippen LogP contribution in [-0.4, -0.2) is 16.0 Å². The number of hydrogen-bond acceptors (Lipinski definition) is 5. The molecule has 0 amide bonds. The summed E-state index contributed by atoms with van der Waals surface area (Å²) in [6.45, 7) is 0. The van der Waals surface area contributed by atoms with Gasteiger partial charge in [-0.15, -0.1) is 10.1 Å². The van der Waals surface area contributed by atoms with Crippen LogP contribution in [0.5, 0.6) is 0 Å². The van der Waals surface area contributed by atoms with Crippen LogP contribution < -0.4 is 0 Å². The second kappa shape index (κ2) is 5.22. The van der Waals surface area contributed by atoms with Gasteiger partial charge in [0, 0.05) is 34.7 Å². The van der Waals surface area contributed by atoms with Gasteiger partial charge in [0.1, 0.15) is 0 Å². The second-order valence-corrected chi connectivity index (χ2v) is 1.84. The van der Waals surface area contributed by atoms with Crippen LogP contribution in [0, 0.1) is 10.1 Å². The van der Waals surface area contributed by atoms with Gasteiger partial charge in [-0.3, -0.25) is 9.78 Å². The van der Waals surface area contributed by atoms with E-state index in [4.69, 9.17) is 0 Å². The molecule has 7 heteroatoms. The van der Waals surface area contributed by atoms with Gasteiger partial charge < -0.3 is 0 Å². The summed E-state index contributed by atoms with van der Waals surface area (Å²) in [5, 5.41) is 8.58. The molecule has 13 heavy (non-hydrogen) atoms. The van der Waals surface area contributed by atoms with Crippen molar-refractivity contribution in [3.8, 4) is 0 Å². The maximum absolute atomic E-state index is 10.8. The van der Waals surface area contributed by atoms with E-state index in [0.717, 1.165) is 0 Å². The number of nitrogens with zero attached hydrogens (tertiary/aromatic N) is 2. The predicted octanol–water partition coefficient (Wildman–Crippen LogP) is 0.428. The maximum Gasteiger partial charge on any atom is 0.334 e. The molecule has 0 fully saturated rings. The third kappa shape index (κ3) is 3.63. The number of carbonyl (C=O) groups is 1. The first-order chi connectivity index (χ1) is 5.70. The SMILES string of the molecule is O=C(O[N+](=O)[O-])c1ccncc1.[Co]. The smallest absolute Gasteiger partial charge is 0.265 e. The summed E-state index contributed by atoms with van der Waals surface area (Å²) in [6.07, 6.45) is 2.69. The molecule has 1 radical (unpaired) electrons. The molecule has 6 nitrogen and oxygen atoms in total. The predicted molar refractivity (Wildman–Crippen MR) is 36.6 cm³/mol. The molecule has 0 saturated carbocycles. The molecule has 1 aromatic heterocycles. The van der Waals surface area contributed by atoms with Crippen molar-refractivity contribution in [1.29, 1.82) is 0 Å². The van der Waals surface area contributed by atoms with E-state index in [2.05, 4.69) is 9.82 Å². The molecule has 0 aliphatic rings. The van der Waals surface area contributed by atoms with Gasteiger partial charge in [-0.1, -0.05) is 0 Å². The number of carbonyl (C=O) groups excluding carboxylic acids is 1. The van der Waals surface area contributed by atoms with Gasteiger partial charge in [0.15, 0.2) is 0 Å². The standard InChI is InChI=1S/C6H4N2O4.Co/c9-6(12-8(10)11)5-1-3-7-4-2-5;/h1-4H;. The van der Waals surface area contributed by atoms with Crippen molar-refractivity contribution in [1.82, 2.24) is 4.98 Å². The van der Waals surface area contributed by atoms with Gasteiger partial charge in [0.2, 0.25) is 0 Å². The van der Waals surface area contributed by atoms with Gasteiger partial charge in [0.05, 0.1) is 0 Å². The summed E-state index contributed by atoms with van der Waals surface area (Å²) in [5.74, 6) is -0.998. The molecule has 0 saturated heterocycles. The molecule has 1 aromatic rings. The fourth-order valence-corrected chi connectivity index (χ4v) is 0.608. The summed E-state index contributed by atoms with van der Waals surface area (Å²) in [6, 6.07) is 2.65. The molecule has 71 valence electrons. The Labute approximate surface area is 83.2 Å². The van der Waals surface area contributed by atoms with Crippen molar-refractivity contribution in [2.75, 3.05) is 0 Å². The van der Waals surface area contributed by atoms with Crippen LogP contribution in [-0.2, 0) is 21.6 Å². The summed E-state index contributed by atoms with van der Waals surface area (Å²) in [4.78, 5) is 27.8. The molecule has 0 atom stereocenters.